The van der Waals surface area contributed by atoms with E-state index in [-0.39, 0.29) is 0 Å². The van der Waals surface area contributed by atoms with Gasteiger partial charge in [0, 0.05) is 23.9 Å². The van der Waals surface area contributed by atoms with E-state index in [2.05, 4.69) is 12.1 Å². The fraction of sp³-hybridized carbons (Fsp3) is 0.857. The Hall–Kier alpha value is -1.10. The van der Waals surface area contributed by atoms with Crippen LogP contribution in [0, 0.1) is 34.5 Å². The molecule has 0 radical (unpaired) electrons. The Morgan fingerprint density at radius 3 is 1.11 bits per heavy atom. The third-order valence-electron chi connectivity index (χ3n) is 3.91. The fourth-order valence-electron chi connectivity index (χ4n) is 2.50. The standard InChI is InChI=1S/2C7H12N2/c2*8-5-6-1-3-7(9)4-2-6/h2*6-7H,1-4,9H2. The highest BCUT2D eigenvalue weighted by atomic mass is 14.6. The van der Waals surface area contributed by atoms with Crippen LogP contribution in [0.25, 0.3) is 0 Å². The van der Waals surface area contributed by atoms with E-state index >= 15 is 0 Å². The van der Waals surface area contributed by atoms with E-state index in [0.29, 0.717) is 23.9 Å². The molecule has 0 spiro atoms. The van der Waals surface area contributed by atoms with Crippen LogP contribution in [0.5, 0.6) is 0 Å². The Morgan fingerprint density at radius 2 is 0.889 bits per heavy atom. The van der Waals surface area contributed by atoms with Crippen molar-refractivity contribution in [2.24, 2.45) is 23.3 Å². The summed E-state index contributed by atoms with van der Waals surface area (Å²) in [5.74, 6) is 0.592. The predicted molar refractivity (Wildman–Crippen MR) is 71.1 cm³/mol. The number of rotatable bonds is 0. The van der Waals surface area contributed by atoms with E-state index < -0.39 is 0 Å². The molecule has 0 amide bonds. The van der Waals surface area contributed by atoms with Crippen LogP contribution in [0.3, 0.4) is 0 Å². The van der Waals surface area contributed by atoms with Gasteiger partial charge in [0.25, 0.3) is 0 Å². The summed E-state index contributed by atoms with van der Waals surface area (Å²) in [5, 5.41) is 17.0. The lowest BCUT2D eigenvalue weighted by Crippen LogP contribution is -2.25. The zero-order valence-corrected chi connectivity index (χ0v) is 11.0. The molecule has 0 aromatic rings. The van der Waals surface area contributed by atoms with Gasteiger partial charge in [0.1, 0.15) is 0 Å². The van der Waals surface area contributed by atoms with Crippen molar-refractivity contribution in [3.05, 3.63) is 0 Å². The minimum atomic E-state index is 0.296. The van der Waals surface area contributed by atoms with Gasteiger partial charge in [-0.05, 0) is 51.4 Å². The van der Waals surface area contributed by atoms with Gasteiger partial charge in [-0.3, -0.25) is 0 Å². The Bertz CT molecular complexity index is 267. The summed E-state index contributed by atoms with van der Waals surface area (Å²) in [4.78, 5) is 0. The molecule has 4 heteroatoms. The maximum absolute atomic E-state index is 8.49. The summed E-state index contributed by atoms with van der Waals surface area (Å²) in [6.07, 6.45) is 8.21. The average molecular weight is 248 g/mol. The number of nitrogens with two attached hydrogens (primary N) is 2. The lowest BCUT2D eigenvalue weighted by atomic mass is 9.88. The van der Waals surface area contributed by atoms with E-state index in [9.17, 15) is 0 Å². The fourth-order valence-corrected chi connectivity index (χ4v) is 2.50. The number of nitriles is 2. The lowest BCUT2D eigenvalue weighted by Gasteiger charge is -2.20. The Balaban J connectivity index is 0.000000180. The second-order valence-corrected chi connectivity index (χ2v) is 5.48. The molecule has 4 N–H and O–H groups in total. The molecule has 100 valence electrons. The normalized spacial score (nSPS) is 35.6. The van der Waals surface area contributed by atoms with Crippen molar-refractivity contribution in [2.75, 3.05) is 0 Å². The molecule has 0 unspecified atom stereocenters. The lowest BCUT2D eigenvalue weighted by molar-refractivity contribution is 0.381. The van der Waals surface area contributed by atoms with Crippen LogP contribution < -0.4 is 11.5 Å². The van der Waals surface area contributed by atoms with Gasteiger partial charge in [-0.1, -0.05) is 0 Å². The van der Waals surface area contributed by atoms with Crippen molar-refractivity contribution in [1.82, 2.24) is 0 Å². The molecule has 0 aliphatic heterocycles. The second kappa shape index (κ2) is 8.08. The van der Waals surface area contributed by atoms with Crippen LogP contribution in [-0.4, -0.2) is 12.1 Å². The van der Waals surface area contributed by atoms with Crippen LogP contribution in [0.15, 0.2) is 0 Å². The monoisotopic (exact) mass is 248 g/mol. The highest BCUT2D eigenvalue weighted by Crippen LogP contribution is 2.22. The van der Waals surface area contributed by atoms with E-state index in [1.54, 1.807) is 0 Å². The predicted octanol–water partition coefficient (Wildman–Crippen LogP) is 2.05. The molecule has 2 saturated carbocycles. The molecule has 18 heavy (non-hydrogen) atoms. The van der Waals surface area contributed by atoms with Gasteiger partial charge >= 0.3 is 0 Å². The number of nitrogens with zero attached hydrogens (tertiary/aromatic N) is 2. The molecule has 2 rings (SSSR count). The molecular weight excluding hydrogens is 224 g/mol. The number of hydrogen-bond donors (Lipinski definition) is 2. The average Bonchev–Trinajstić information content (AvgIpc) is 2.41. The van der Waals surface area contributed by atoms with Gasteiger partial charge in [0.15, 0.2) is 0 Å². The van der Waals surface area contributed by atoms with Crippen LogP contribution in [0.1, 0.15) is 51.4 Å². The van der Waals surface area contributed by atoms with Gasteiger partial charge in [0.2, 0.25) is 0 Å². The molecule has 4 nitrogen and oxygen atoms in total. The van der Waals surface area contributed by atoms with E-state index in [0.717, 1.165) is 51.4 Å². The van der Waals surface area contributed by atoms with Gasteiger partial charge in [-0.15, -0.1) is 0 Å². The summed E-state index contributed by atoms with van der Waals surface area (Å²) in [7, 11) is 0. The number of hydrogen-bond acceptors (Lipinski definition) is 4. The van der Waals surface area contributed by atoms with Gasteiger partial charge in [0.05, 0.1) is 12.1 Å². The molecule has 0 saturated heterocycles. The van der Waals surface area contributed by atoms with Crippen molar-refractivity contribution in [1.29, 1.82) is 10.5 Å². The summed E-state index contributed by atoms with van der Waals surface area (Å²) < 4.78 is 0. The zero-order valence-electron chi connectivity index (χ0n) is 11.0. The first-order chi connectivity index (χ1) is 8.65. The topological polar surface area (TPSA) is 99.6 Å². The Kier molecular flexibility index (Phi) is 6.72. The van der Waals surface area contributed by atoms with Crippen molar-refractivity contribution >= 4 is 0 Å². The summed E-state index contributed by atoms with van der Waals surface area (Å²) in [6, 6.07) is 5.28. The quantitative estimate of drug-likeness (QED) is 0.685. The first-order valence-corrected chi connectivity index (χ1v) is 6.96. The highest BCUT2D eigenvalue weighted by molar-refractivity contribution is 4.88. The Morgan fingerprint density at radius 1 is 0.611 bits per heavy atom. The third-order valence-corrected chi connectivity index (χ3v) is 3.91. The maximum Gasteiger partial charge on any atom is 0.0655 e. The van der Waals surface area contributed by atoms with Gasteiger partial charge < -0.3 is 11.5 Å². The molecule has 2 fully saturated rings. The third kappa shape index (κ3) is 5.49. The summed E-state index contributed by atoms with van der Waals surface area (Å²) in [6.45, 7) is 0. The smallest absolute Gasteiger partial charge is 0.0655 e. The zero-order chi connectivity index (χ0) is 13.4. The molecule has 2 aliphatic carbocycles. The SMILES string of the molecule is N#CC1CCC(N)CC1.N#CC1CCC(N)CC1. The molecule has 0 bridgehead atoms. The molecule has 0 heterocycles. The highest BCUT2D eigenvalue weighted by Gasteiger charge is 2.17. The molecule has 2 aliphatic rings. The minimum absolute atomic E-state index is 0.296. The molecular formula is C14H24N4. The Labute approximate surface area is 110 Å². The first-order valence-electron chi connectivity index (χ1n) is 6.96. The van der Waals surface area contributed by atoms with Gasteiger partial charge in [-0.25, -0.2) is 0 Å². The molecule has 0 aromatic heterocycles. The van der Waals surface area contributed by atoms with Crippen LogP contribution in [0.4, 0.5) is 0 Å². The van der Waals surface area contributed by atoms with Crippen molar-refractivity contribution in [3.8, 4) is 12.1 Å². The summed E-state index contributed by atoms with van der Waals surface area (Å²) >= 11 is 0. The molecule has 0 atom stereocenters. The van der Waals surface area contributed by atoms with Crippen molar-refractivity contribution in [2.45, 2.75) is 63.5 Å². The van der Waals surface area contributed by atoms with E-state index in [4.69, 9.17) is 22.0 Å². The van der Waals surface area contributed by atoms with Crippen molar-refractivity contribution < 1.29 is 0 Å². The summed E-state index contributed by atoms with van der Waals surface area (Å²) in [5.41, 5.74) is 11.3. The van der Waals surface area contributed by atoms with Crippen LogP contribution in [0.2, 0.25) is 0 Å². The first kappa shape index (κ1) is 15.0. The van der Waals surface area contributed by atoms with Crippen LogP contribution in [-0.2, 0) is 0 Å². The van der Waals surface area contributed by atoms with Crippen LogP contribution >= 0.6 is 0 Å². The largest absolute Gasteiger partial charge is 0.328 e. The van der Waals surface area contributed by atoms with E-state index in [1.165, 1.54) is 0 Å². The van der Waals surface area contributed by atoms with Crippen molar-refractivity contribution in [3.63, 3.8) is 0 Å². The second-order valence-electron chi connectivity index (χ2n) is 5.48. The minimum Gasteiger partial charge on any atom is -0.328 e. The maximum atomic E-state index is 8.49. The van der Waals surface area contributed by atoms with E-state index in [1.807, 2.05) is 0 Å². The molecule has 0 aromatic carbocycles. The van der Waals surface area contributed by atoms with Gasteiger partial charge in [-0.2, -0.15) is 10.5 Å².